The Balaban J connectivity index is 1.90. The van der Waals surface area contributed by atoms with E-state index in [9.17, 15) is 4.79 Å². The number of rotatable bonds is 8. The Kier molecular flexibility index (Phi) is 6.57. The number of nitrogens with zero attached hydrogens (tertiary/aromatic N) is 3. The molecule has 1 atom stereocenters. The zero-order chi connectivity index (χ0) is 20.1. The number of nitrogens with one attached hydrogen (secondary N) is 1. The molecule has 1 aromatic carbocycles. The van der Waals surface area contributed by atoms with E-state index in [-0.39, 0.29) is 5.91 Å². The largest absolute Gasteiger partial charge is 0.360 e. The normalized spacial score (nSPS) is 12.1. The molecule has 7 heteroatoms. The summed E-state index contributed by atoms with van der Waals surface area (Å²) in [7, 11) is 0. The molecule has 0 bridgehead atoms. The third kappa shape index (κ3) is 4.65. The Morgan fingerprint density at radius 3 is 2.64 bits per heavy atom. The van der Waals surface area contributed by atoms with E-state index in [1.807, 2.05) is 37.3 Å². The predicted octanol–water partition coefficient (Wildman–Crippen LogP) is 5.07. The van der Waals surface area contributed by atoms with Gasteiger partial charge in [0.15, 0.2) is 11.0 Å². The second-order valence-corrected chi connectivity index (χ2v) is 7.86. The predicted molar refractivity (Wildman–Crippen MR) is 112 cm³/mol. The van der Waals surface area contributed by atoms with Crippen molar-refractivity contribution in [1.29, 1.82) is 0 Å². The number of imidazole rings is 1. The van der Waals surface area contributed by atoms with E-state index in [2.05, 4.69) is 28.9 Å². The summed E-state index contributed by atoms with van der Waals surface area (Å²) in [5, 5.41) is 7.16. The first-order chi connectivity index (χ1) is 13.5. The van der Waals surface area contributed by atoms with Crippen LogP contribution in [0.15, 0.2) is 46.1 Å². The quantitative estimate of drug-likeness (QED) is 0.536. The van der Waals surface area contributed by atoms with Gasteiger partial charge in [-0.15, -0.1) is 0 Å². The highest BCUT2D eigenvalue weighted by atomic mass is 32.2. The van der Waals surface area contributed by atoms with Crippen LogP contribution >= 0.6 is 11.8 Å². The van der Waals surface area contributed by atoms with Crippen molar-refractivity contribution in [2.75, 3.05) is 5.32 Å². The second-order valence-electron chi connectivity index (χ2n) is 6.79. The second kappa shape index (κ2) is 9.10. The number of hydrogen-bond acceptors (Lipinski definition) is 5. The lowest BCUT2D eigenvalue weighted by atomic mass is 10.1. The van der Waals surface area contributed by atoms with E-state index in [0.717, 1.165) is 41.5 Å². The molecule has 6 nitrogen and oxygen atoms in total. The van der Waals surface area contributed by atoms with Gasteiger partial charge in [0.05, 0.1) is 5.69 Å². The fourth-order valence-electron chi connectivity index (χ4n) is 2.92. The smallest absolute Gasteiger partial charge is 0.243 e. The van der Waals surface area contributed by atoms with Crippen LogP contribution in [-0.4, -0.2) is 20.6 Å². The number of amides is 1. The molecule has 28 heavy (non-hydrogen) atoms. The summed E-state index contributed by atoms with van der Waals surface area (Å²) < 4.78 is 7.28. The summed E-state index contributed by atoms with van der Waals surface area (Å²) in [6, 6.07) is 11.5. The molecular weight excluding hydrogens is 372 g/mol. The van der Waals surface area contributed by atoms with Gasteiger partial charge in [0.25, 0.3) is 0 Å². The van der Waals surface area contributed by atoms with Gasteiger partial charge in [0.1, 0.15) is 11.0 Å². The molecule has 0 aliphatic carbocycles. The highest BCUT2D eigenvalue weighted by molar-refractivity contribution is 8.00. The number of benzene rings is 1. The minimum Gasteiger partial charge on any atom is -0.360 e. The lowest BCUT2D eigenvalue weighted by Crippen LogP contribution is -2.20. The third-order valence-corrected chi connectivity index (χ3v) is 5.85. The van der Waals surface area contributed by atoms with Gasteiger partial charge in [0.2, 0.25) is 5.91 Å². The molecule has 148 valence electrons. The molecule has 0 radical (unpaired) electrons. The molecule has 1 amide bonds. The maximum Gasteiger partial charge on any atom is 0.243 e. The third-order valence-electron chi connectivity index (χ3n) is 4.60. The maximum absolute atomic E-state index is 13.1. The van der Waals surface area contributed by atoms with Gasteiger partial charge in [0, 0.05) is 18.3 Å². The van der Waals surface area contributed by atoms with Crippen molar-refractivity contribution in [3.05, 3.63) is 59.1 Å². The van der Waals surface area contributed by atoms with Crippen molar-refractivity contribution in [2.45, 2.75) is 57.5 Å². The van der Waals surface area contributed by atoms with Gasteiger partial charge < -0.3 is 14.4 Å². The van der Waals surface area contributed by atoms with E-state index in [1.165, 1.54) is 11.8 Å². The van der Waals surface area contributed by atoms with Crippen LogP contribution in [0, 0.1) is 20.8 Å². The zero-order valence-corrected chi connectivity index (χ0v) is 17.5. The molecule has 0 fully saturated rings. The average Bonchev–Trinajstić information content (AvgIpc) is 3.21. The number of aryl methyl sites for hydroxylation is 2. The highest BCUT2D eigenvalue weighted by Gasteiger charge is 2.26. The van der Waals surface area contributed by atoms with Gasteiger partial charge in [-0.3, -0.25) is 4.79 Å². The van der Waals surface area contributed by atoms with Crippen LogP contribution in [-0.2, 0) is 11.3 Å². The van der Waals surface area contributed by atoms with Crippen LogP contribution in [0.5, 0.6) is 0 Å². The molecule has 1 unspecified atom stereocenters. The van der Waals surface area contributed by atoms with E-state index in [1.54, 1.807) is 13.0 Å². The van der Waals surface area contributed by atoms with Crippen LogP contribution < -0.4 is 5.32 Å². The van der Waals surface area contributed by atoms with E-state index >= 15 is 0 Å². The summed E-state index contributed by atoms with van der Waals surface area (Å²) in [5.41, 5.74) is 3.07. The summed E-state index contributed by atoms with van der Waals surface area (Å²) >= 11 is 1.47. The monoisotopic (exact) mass is 398 g/mol. The van der Waals surface area contributed by atoms with Gasteiger partial charge in [-0.2, -0.15) is 0 Å². The minimum absolute atomic E-state index is 0.148. The summed E-state index contributed by atoms with van der Waals surface area (Å²) in [4.78, 5) is 17.8. The van der Waals surface area contributed by atoms with Gasteiger partial charge in [-0.25, -0.2) is 4.98 Å². The highest BCUT2D eigenvalue weighted by Crippen LogP contribution is 2.36. The molecular formula is C21H26N4O2S. The van der Waals surface area contributed by atoms with Crippen LogP contribution in [0.1, 0.15) is 47.7 Å². The standard InChI is InChI=1S/C21H26N4O2S/c1-5-6-12-25-16(4)15(3)22-21(25)28-19(17-10-8-7-9-11-17)20(26)23-18-13-14(2)27-24-18/h7-11,13,19H,5-6,12H2,1-4H3,(H,23,24,26). The molecule has 0 spiro atoms. The van der Waals surface area contributed by atoms with Gasteiger partial charge >= 0.3 is 0 Å². The van der Waals surface area contributed by atoms with Crippen molar-refractivity contribution in [2.24, 2.45) is 0 Å². The molecule has 3 aromatic rings. The van der Waals surface area contributed by atoms with Gasteiger partial charge in [-0.05, 0) is 32.8 Å². The Hall–Kier alpha value is -2.54. The number of carbonyl (C=O) groups is 1. The van der Waals surface area contributed by atoms with Crippen LogP contribution in [0.25, 0.3) is 0 Å². The maximum atomic E-state index is 13.1. The molecule has 0 saturated carbocycles. The molecule has 1 N–H and O–H groups in total. The fourth-order valence-corrected chi connectivity index (χ4v) is 4.13. The SMILES string of the molecule is CCCCn1c(SC(C(=O)Nc2cc(C)on2)c2ccccc2)nc(C)c1C. The molecule has 0 saturated heterocycles. The van der Waals surface area contributed by atoms with E-state index < -0.39 is 5.25 Å². The Morgan fingerprint density at radius 2 is 2.00 bits per heavy atom. The number of unbranched alkanes of at least 4 members (excludes halogenated alkanes) is 1. The van der Waals surface area contributed by atoms with Crippen LogP contribution in [0.4, 0.5) is 5.82 Å². The van der Waals surface area contributed by atoms with Crippen LogP contribution in [0.2, 0.25) is 0 Å². The molecule has 2 heterocycles. The van der Waals surface area contributed by atoms with Crippen molar-refractivity contribution in [1.82, 2.24) is 14.7 Å². The Morgan fingerprint density at radius 1 is 1.25 bits per heavy atom. The first-order valence-electron chi connectivity index (χ1n) is 9.49. The number of thioether (sulfide) groups is 1. The number of carbonyl (C=O) groups excluding carboxylic acids is 1. The fraction of sp³-hybridized carbons (Fsp3) is 0.381. The Bertz CT molecular complexity index is 933. The van der Waals surface area contributed by atoms with Gasteiger partial charge in [-0.1, -0.05) is 60.6 Å². The average molecular weight is 399 g/mol. The minimum atomic E-state index is -0.445. The Labute approximate surface area is 169 Å². The molecule has 0 aliphatic rings. The van der Waals surface area contributed by atoms with Crippen LogP contribution in [0.3, 0.4) is 0 Å². The number of hydrogen-bond donors (Lipinski definition) is 1. The molecule has 0 aliphatic heterocycles. The van der Waals surface area contributed by atoms with Crippen molar-refractivity contribution in [3.8, 4) is 0 Å². The lowest BCUT2D eigenvalue weighted by molar-refractivity contribution is -0.115. The van der Waals surface area contributed by atoms with E-state index in [0.29, 0.717) is 11.6 Å². The van der Waals surface area contributed by atoms with Crippen molar-refractivity contribution >= 4 is 23.5 Å². The summed E-state index contributed by atoms with van der Waals surface area (Å²) in [6.45, 7) is 8.96. The molecule has 3 rings (SSSR count). The zero-order valence-electron chi connectivity index (χ0n) is 16.7. The van der Waals surface area contributed by atoms with Crippen molar-refractivity contribution < 1.29 is 9.32 Å². The summed E-state index contributed by atoms with van der Waals surface area (Å²) in [5.74, 6) is 0.927. The first-order valence-corrected chi connectivity index (χ1v) is 10.4. The number of anilines is 1. The summed E-state index contributed by atoms with van der Waals surface area (Å²) in [6.07, 6.45) is 2.18. The lowest BCUT2D eigenvalue weighted by Gasteiger charge is -2.17. The first kappa shape index (κ1) is 20.2. The van der Waals surface area contributed by atoms with E-state index in [4.69, 9.17) is 9.51 Å². The number of aromatic nitrogens is 3. The topological polar surface area (TPSA) is 73.0 Å². The van der Waals surface area contributed by atoms with Crippen molar-refractivity contribution in [3.63, 3.8) is 0 Å². The molecule has 2 aromatic heterocycles.